The van der Waals surface area contributed by atoms with E-state index < -0.39 is 0 Å². The number of nitrogens with one attached hydrogen (secondary N) is 1. The third-order valence-electron chi connectivity index (χ3n) is 3.75. The summed E-state index contributed by atoms with van der Waals surface area (Å²) in [5, 5.41) is 3.33. The molecule has 1 aliphatic heterocycles. The van der Waals surface area contributed by atoms with Gasteiger partial charge in [-0.15, -0.1) is 0 Å². The fourth-order valence-corrected chi connectivity index (χ4v) is 2.63. The van der Waals surface area contributed by atoms with Crippen LogP contribution < -0.4 is 19.7 Å². The largest absolute Gasteiger partial charge is 0.493 e. The third kappa shape index (κ3) is 2.77. The Kier molecular flexibility index (Phi) is 4.60. The average Bonchev–Trinajstić information content (AvgIpc) is 2.48. The summed E-state index contributed by atoms with van der Waals surface area (Å²) >= 11 is 0. The van der Waals surface area contributed by atoms with Crippen LogP contribution in [0.5, 0.6) is 11.5 Å². The number of methoxy groups -OCH3 is 2. The molecule has 0 fully saturated rings. The second-order valence-corrected chi connectivity index (χ2v) is 5.58. The van der Waals surface area contributed by atoms with Crippen LogP contribution in [0.3, 0.4) is 0 Å². The molecule has 0 bridgehead atoms. The number of fused-ring (bicyclic) bond motifs is 1. The van der Waals surface area contributed by atoms with Crippen LogP contribution in [0.1, 0.15) is 27.2 Å². The highest BCUT2D eigenvalue weighted by atomic mass is 16.5. The van der Waals surface area contributed by atoms with Crippen LogP contribution in [-0.2, 0) is 4.79 Å². The lowest BCUT2D eigenvalue weighted by molar-refractivity contribution is -0.120. The molecule has 2 rings (SSSR count). The number of rotatable bonds is 5. The van der Waals surface area contributed by atoms with E-state index in [1.807, 2.05) is 30.9 Å². The fourth-order valence-electron chi connectivity index (χ4n) is 2.63. The first kappa shape index (κ1) is 15.5. The lowest BCUT2D eigenvalue weighted by Gasteiger charge is -2.37. The Morgan fingerprint density at radius 3 is 2.38 bits per heavy atom. The van der Waals surface area contributed by atoms with Crippen LogP contribution in [-0.4, -0.2) is 32.7 Å². The number of amides is 1. The zero-order valence-electron chi connectivity index (χ0n) is 13.4. The summed E-state index contributed by atoms with van der Waals surface area (Å²) in [5.41, 5.74) is 1.77. The second kappa shape index (κ2) is 6.24. The van der Waals surface area contributed by atoms with Crippen molar-refractivity contribution in [2.24, 2.45) is 5.92 Å². The summed E-state index contributed by atoms with van der Waals surface area (Å²) < 4.78 is 10.7. The van der Waals surface area contributed by atoms with Crippen molar-refractivity contribution >= 4 is 17.3 Å². The number of benzene rings is 1. The number of ether oxygens (including phenoxy) is 2. The molecule has 0 aliphatic carbocycles. The summed E-state index contributed by atoms with van der Waals surface area (Å²) in [4.78, 5) is 14.5. The minimum absolute atomic E-state index is 0.117. The van der Waals surface area contributed by atoms with Gasteiger partial charge in [0.1, 0.15) is 6.04 Å². The Morgan fingerprint density at radius 1 is 1.24 bits per heavy atom. The SMILES string of the molecule is CCCN1C(=O)C(C(C)C)Nc2cc(OC)c(OC)cc21. The van der Waals surface area contributed by atoms with Crippen LogP contribution in [0.25, 0.3) is 0 Å². The van der Waals surface area contributed by atoms with Gasteiger partial charge in [-0.1, -0.05) is 20.8 Å². The molecule has 5 nitrogen and oxygen atoms in total. The molecule has 0 saturated carbocycles. The standard InChI is InChI=1S/C16H24N2O3/c1-6-7-18-12-9-14(21-5)13(20-4)8-11(12)17-15(10(2)3)16(18)19/h8-10,15,17H,6-7H2,1-5H3. The van der Waals surface area contributed by atoms with Gasteiger partial charge < -0.3 is 19.7 Å². The number of hydrogen-bond donors (Lipinski definition) is 1. The van der Waals surface area contributed by atoms with Gasteiger partial charge in [0.15, 0.2) is 11.5 Å². The molecule has 1 N–H and O–H groups in total. The molecule has 1 unspecified atom stereocenters. The highest BCUT2D eigenvalue weighted by molar-refractivity contribution is 6.05. The maximum atomic E-state index is 12.7. The van der Waals surface area contributed by atoms with E-state index in [0.717, 1.165) is 17.8 Å². The van der Waals surface area contributed by atoms with Gasteiger partial charge in [-0.05, 0) is 12.3 Å². The molecule has 1 heterocycles. The van der Waals surface area contributed by atoms with Crippen molar-refractivity contribution in [1.29, 1.82) is 0 Å². The zero-order valence-corrected chi connectivity index (χ0v) is 13.4. The van der Waals surface area contributed by atoms with Gasteiger partial charge in [0.05, 0.1) is 25.6 Å². The molecular weight excluding hydrogens is 268 g/mol. The smallest absolute Gasteiger partial charge is 0.249 e. The molecule has 1 aromatic carbocycles. The Bertz CT molecular complexity index is 528. The Balaban J connectivity index is 2.52. The van der Waals surface area contributed by atoms with Crippen molar-refractivity contribution < 1.29 is 14.3 Å². The molecule has 116 valence electrons. The summed E-state index contributed by atoms with van der Waals surface area (Å²) in [6.07, 6.45) is 0.907. The second-order valence-electron chi connectivity index (χ2n) is 5.58. The third-order valence-corrected chi connectivity index (χ3v) is 3.75. The van der Waals surface area contributed by atoms with E-state index >= 15 is 0 Å². The molecule has 5 heteroatoms. The monoisotopic (exact) mass is 292 g/mol. The lowest BCUT2D eigenvalue weighted by Crippen LogP contribution is -2.49. The van der Waals surface area contributed by atoms with Gasteiger partial charge in [0.25, 0.3) is 0 Å². The topological polar surface area (TPSA) is 50.8 Å². The van der Waals surface area contributed by atoms with Gasteiger partial charge in [0.2, 0.25) is 5.91 Å². The van der Waals surface area contributed by atoms with Crippen LogP contribution >= 0.6 is 0 Å². The molecule has 0 spiro atoms. The number of carbonyl (C=O) groups excluding carboxylic acids is 1. The molecule has 0 aromatic heterocycles. The molecule has 1 aromatic rings. The van der Waals surface area contributed by atoms with Crippen LogP contribution in [0.15, 0.2) is 12.1 Å². The molecule has 1 amide bonds. The Hall–Kier alpha value is -1.91. The van der Waals surface area contributed by atoms with Crippen LogP contribution in [0, 0.1) is 5.92 Å². The molecule has 1 aliphatic rings. The highest BCUT2D eigenvalue weighted by Crippen LogP contribution is 2.41. The minimum Gasteiger partial charge on any atom is -0.493 e. The van der Waals surface area contributed by atoms with Crippen LogP contribution in [0.4, 0.5) is 11.4 Å². The van der Waals surface area contributed by atoms with Crippen molar-refractivity contribution in [3.8, 4) is 11.5 Å². The van der Waals surface area contributed by atoms with E-state index in [4.69, 9.17) is 9.47 Å². The van der Waals surface area contributed by atoms with E-state index in [1.165, 1.54) is 0 Å². The summed E-state index contributed by atoms with van der Waals surface area (Å²) in [5.74, 6) is 1.64. The first-order chi connectivity index (χ1) is 10.0. The Labute approximate surface area is 126 Å². The van der Waals surface area contributed by atoms with Gasteiger partial charge in [-0.2, -0.15) is 0 Å². The highest BCUT2D eigenvalue weighted by Gasteiger charge is 2.34. The lowest BCUT2D eigenvalue weighted by atomic mass is 9.98. The molecule has 1 atom stereocenters. The normalized spacial score (nSPS) is 17.5. The first-order valence-electron chi connectivity index (χ1n) is 7.37. The van der Waals surface area contributed by atoms with E-state index in [-0.39, 0.29) is 17.9 Å². The van der Waals surface area contributed by atoms with Gasteiger partial charge in [-0.25, -0.2) is 0 Å². The van der Waals surface area contributed by atoms with Gasteiger partial charge in [-0.3, -0.25) is 4.79 Å². The van der Waals surface area contributed by atoms with Crippen molar-refractivity contribution in [2.75, 3.05) is 31.0 Å². The van der Waals surface area contributed by atoms with E-state index in [9.17, 15) is 4.79 Å². The molecule has 0 radical (unpaired) electrons. The van der Waals surface area contributed by atoms with Crippen LogP contribution in [0.2, 0.25) is 0 Å². The van der Waals surface area contributed by atoms with E-state index in [2.05, 4.69) is 12.2 Å². The number of nitrogens with zero attached hydrogens (tertiary/aromatic N) is 1. The number of anilines is 2. The fraction of sp³-hybridized carbons (Fsp3) is 0.562. The summed E-state index contributed by atoms with van der Waals surface area (Å²) in [7, 11) is 3.21. The minimum atomic E-state index is -0.206. The van der Waals surface area contributed by atoms with Crippen molar-refractivity contribution in [3.05, 3.63) is 12.1 Å². The van der Waals surface area contributed by atoms with Gasteiger partial charge in [0, 0.05) is 18.7 Å². The molecule has 21 heavy (non-hydrogen) atoms. The maximum Gasteiger partial charge on any atom is 0.249 e. The van der Waals surface area contributed by atoms with Crippen molar-refractivity contribution in [1.82, 2.24) is 0 Å². The maximum absolute atomic E-state index is 12.7. The quantitative estimate of drug-likeness (QED) is 0.906. The van der Waals surface area contributed by atoms with Crippen molar-refractivity contribution in [3.63, 3.8) is 0 Å². The Morgan fingerprint density at radius 2 is 1.86 bits per heavy atom. The first-order valence-corrected chi connectivity index (χ1v) is 7.37. The van der Waals surface area contributed by atoms with Gasteiger partial charge >= 0.3 is 0 Å². The predicted molar refractivity (Wildman–Crippen MR) is 84.4 cm³/mol. The van der Waals surface area contributed by atoms with E-state index in [1.54, 1.807) is 14.2 Å². The summed E-state index contributed by atoms with van der Waals surface area (Å²) in [6.45, 7) is 6.86. The molecular formula is C16H24N2O3. The number of carbonyl (C=O) groups is 1. The van der Waals surface area contributed by atoms with E-state index in [0.29, 0.717) is 18.0 Å². The number of hydrogen-bond acceptors (Lipinski definition) is 4. The molecule has 0 saturated heterocycles. The average molecular weight is 292 g/mol. The zero-order chi connectivity index (χ0) is 15.6. The van der Waals surface area contributed by atoms with Crippen molar-refractivity contribution in [2.45, 2.75) is 33.2 Å². The predicted octanol–water partition coefficient (Wildman–Crippen LogP) is 2.90. The summed E-state index contributed by atoms with van der Waals surface area (Å²) in [6, 6.07) is 3.56.